The molecule has 0 aromatic carbocycles. The van der Waals surface area contributed by atoms with Gasteiger partial charge < -0.3 is 15.5 Å². The van der Waals surface area contributed by atoms with Gasteiger partial charge >= 0.3 is 0 Å². The van der Waals surface area contributed by atoms with Crippen LogP contribution in [0.25, 0.3) is 0 Å². The predicted octanol–water partition coefficient (Wildman–Crippen LogP) is 0.118. The van der Waals surface area contributed by atoms with Crippen LogP contribution in [0.5, 0.6) is 0 Å². The molecule has 1 unspecified atom stereocenters. The van der Waals surface area contributed by atoms with Gasteiger partial charge in [0.2, 0.25) is 0 Å². The minimum absolute atomic E-state index is 0.0621. The van der Waals surface area contributed by atoms with E-state index in [9.17, 15) is 5.11 Å². The second-order valence-electron chi connectivity index (χ2n) is 3.71. The quantitative estimate of drug-likeness (QED) is 0.553. The highest BCUT2D eigenvalue weighted by Gasteiger charge is 2.26. The number of hydrogen-bond acceptors (Lipinski definition) is 3. The van der Waals surface area contributed by atoms with Crippen LogP contribution in [0.1, 0.15) is 26.2 Å². The van der Waals surface area contributed by atoms with Crippen molar-refractivity contribution < 1.29 is 10.2 Å². The highest BCUT2D eigenvalue weighted by Crippen LogP contribution is 2.25. The van der Waals surface area contributed by atoms with Crippen LogP contribution in [0.4, 0.5) is 0 Å². The van der Waals surface area contributed by atoms with Gasteiger partial charge in [0.15, 0.2) is 0 Å². The Kier molecular flexibility index (Phi) is 3.98. The zero-order valence-corrected chi connectivity index (χ0v) is 7.66. The summed E-state index contributed by atoms with van der Waals surface area (Å²) in [6.45, 7) is 3.59. The Balaban J connectivity index is 1.89. The maximum absolute atomic E-state index is 9.20. The molecule has 3 N–H and O–H groups in total. The molecule has 1 atom stereocenters. The first-order valence-electron chi connectivity index (χ1n) is 4.79. The Morgan fingerprint density at radius 2 is 2.17 bits per heavy atom. The van der Waals surface area contributed by atoms with E-state index >= 15 is 0 Å². The van der Waals surface area contributed by atoms with Gasteiger partial charge in [-0.25, -0.2) is 0 Å². The molecule has 3 nitrogen and oxygen atoms in total. The van der Waals surface area contributed by atoms with Crippen molar-refractivity contribution in [2.45, 2.75) is 38.4 Å². The van der Waals surface area contributed by atoms with Crippen LogP contribution in [-0.2, 0) is 0 Å². The highest BCUT2D eigenvalue weighted by atomic mass is 16.3. The number of aliphatic hydroxyl groups excluding tert-OH is 2. The van der Waals surface area contributed by atoms with Crippen LogP contribution in [0.3, 0.4) is 0 Å². The molecule has 0 amide bonds. The third kappa shape index (κ3) is 3.09. The number of hydrogen-bond donors (Lipinski definition) is 3. The molecule has 72 valence electrons. The van der Waals surface area contributed by atoms with Gasteiger partial charge in [0.05, 0.1) is 12.2 Å². The van der Waals surface area contributed by atoms with E-state index < -0.39 is 0 Å². The van der Waals surface area contributed by atoms with E-state index in [0.29, 0.717) is 12.5 Å². The average Bonchev–Trinajstić information content (AvgIpc) is 2.01. The van der Waals surface area contributed by atoms with Crippen LogP contribution in [0.2, 0.25) is 0 Å². The van der Waals surface area contributed by atoms with Crippen molar-refractivity contribution in [3.63, 3.8) is 0 Å². The number of nitrogens with one attached hydrogen (secondary N) is 1. The summed E-state index contributed by atoms with van der Waals surface area (Å²) in [5, 5.41) is 21.4. The first kappa shape index (κ1) is 9.96. The summed E-state index contributed by atoms with van der Waals surface area (Å²) in [7, 11) is 0. The van der Waals surface area contributed by atoms with Crippen LogP contribution < -0.4 is 5.32 Å². The Hall–Kier alpha value is -0.120. The molecule has 0 radical (unpaired) electrons. The van der Waals surface area contributed by atoms with Gasteiger partial charge in [0.1, 0.15) is 0 Å². The van der Waals surface area contributed by atoms with Crippen LogP contribution in [-0.4, -0.2) is 35.5 Å². The number of rotatable bonds is 5. The fourth-order valence-corrected chi connectivity index (χ4v) is 1.47. The second-order valence-corrected chi connectivity index (χ2v) is 3.71. The van der Waals surface area contributed by atoms with Crippen molar-refractivity contribution in [3.05, 3.63) is 0 Å². The van der Waals surface area contributed by atoms with Gasteiger partial charge in [0, 0.05) is 6.54 Å². The molecule has 12 heavy (non-hydrogen) atoms. The van der Waals surface area contributed by atoms with Gasteiger partial charge in [-0.05, 0) is 31.7 Å². The third-order valence-corrected chi connectivity index (χ3v) is 2.50. The van der Waals surface area contributed by atoms with Gasteiger partial charge in [0.25, 0.3) is 0 Å². The van der Waals surface area contributed by atoms with Gasteiger partial charge in [-0.2, -0.15) is 0 Å². The molecule has 0 aromatic heterocycles. The topological polar surface area (TPSA) is 52.5 Å². The van der Waals surface area contributed by atoms with Crippen molar-refractivity contribution in [2.24, 2.45) is 5.92 Å². The Morgan fingerprint density at radius 1 is 1.50 bits per heavy atom. The van der Waals surface area contributed by atoms with Crippen LogP contribution in [0.15, 0.2) is 0 Å². The van der Waals surface area contributed by atoms with Gasteiger partial charge in [-0.1, -0.05) is 6.92 Å². The van der Waals surface area contributed by atoms with Crippen molar-refractivity contribution in [1.29, 1.82) is 0 Å². The summed E-state index contributed by atoms with van der Waals surface area (Å²) in [4.78, 5) is 0. The average molecular weight is 173 g/mol. The Morgan fingerprint density at radius 3 is 2.67 bits per heavy atom. The Bertz CT molecular complexity index is 124. The summed E-state index contributed by atoms with van der Waals surface area (Å²) in [5.41, 5.74) is 0. The van der Waals surface area contributed by atoms with Gasteiger partial charge in [-0.3, -0.25) is 0 Å². The summed E-state index contributed by atoms with van der Waals surface area (Å²) in [5.74, 6) is 0.629. The Labute approximate surface area is 73.8 Å². The van der Waals surface area contributed by atoms with E-state index in [1.54, 1.807) is 0 Å². The maximum atomic E-state index is 9.20. The van der Waals surface area contributed by atoms with E-state index in [-0.39, 0.29) is 12.2 Å². The van der Waals surface area contributed by atoms with E-state index in [0.717, 1.165) is 25.8 Å². The molecule has 0 saturated heterocycles. The highest BCUT2D eigenvalue weighted by molar-refractivity contribution is 4.80. The summed E-state index contributed by atoms with van der Waals surface area (Å²) in [6, 6.07) is 0. The lowest BCUT2D eigenvalue weighted by atomic mass is 9.82. The van der Waals surface area contributed by atoms with E-state index in [1.165, 1.54) is 0 Å². The molecule has 0 aromatic rings. The lowest BCUT2D eigenvalue weighted by Crippen LogP contribution is -2.38. The standard InChI is InChI=1S/C9H19NO2/c1-2-8(11)6-10-5-7-3-9(12)4-7/h7-12H,2-6H2,1H3. The molecule has 0 spiro atoms. The second kappa shape index (κ2) is 4.80. The van der Waals surface area contributed by atoms with Crippen molar-refractivity contribution in [3.8, 4) is 0 Å². The van der Waals surface area contributed by atoms with Crippen molar-refractivity contribution >= 4 is 0 Å². The first-order chi connectivity index (χ1) is 5.72. The minimum Gasteiger partial charge on any atom is -0.393 e. The van der Waals surface area contributed by atoms with Crippen molar-refractivity contribution in [1.82, 2.24) is 5.32 Å². The lowest BCUT2D eigenvalue weighted by molar-refractivity contribution is 0.0414. The van der Waals surface area contributed by atoms with E-state index in [2.05, 4.69) is 5.32 Å². The van der Waals surface area contributed by atoms with Gasteiger partial charge in [-0.15, -0.1) is 0 Å². The largest absolute Gasteiger partial charge is 0.393 e. The van der Waals surface area contributed by atoms with Crippen molar-refractivity contribution in [2.75, 3.05) is 13.1 Å². The third-order valence-electron chi connectivity index (χ3n) is 2.50. The molecular weight excluding hydrogens is 154 g/mol. The molecule has 0 bridgehead atoms. The fraction of sp³-hybridized carbons (Fsp3) is 1.00. The smallest absolute Gasteiger partial charge is 0.0662 e. The molecule has 1 fully saturated rings. The normalized spacial score (nSPS) is 31.2. The lowest BCUT2D eigenvalue weighted by Gasteiger charge is -2.31. The maximum Gasteiger partial charge on any atom is 0.0662 e. The first-order valence-corrected chi connectivity index (χ1v) is 4.79. The predicted molar refractivity (Wildman–Crippen MR) is 47.9 cm³/mol. The number of aliphatic hydroxyl groups is 2. The zero-order chi connectivity index (χ0) is 8.97. The molecule has 1 aliphatic carbocycles. The van der Waals surface area contributed by atoms with Crippen LogP contribution in [0, 0.1) is 5.92 Å². The molecular formula is C9H19NO2. The monoisotopic (exact) mass is 173 g/mol. The molecule has 0 aliphatic heterocycles. The summed E-state index contributed by atoms with van der Waals surface area (Å²) >= 11 is 0. The summed E-state index contributed by atoms with van der Waals surface area (Å²) < 4.78 is 0. The van der Waals surface area contributed by atoms with E-state index in [4.69, 9.17) is 5.11 Å². The molecule has 1 saturated carbocycles. The van der Waals surface area contributed by atoms with Crippen LogP contribution >= 0.6 is 0 Å². The zero-order valence-electron chi connectivity index (χ0n) is 7.66. The SMILES string of the molecule is CCC(O)CNCC1CC(O)C1. The molecule has 3 heteroatoms. The minimum atomic E-state index is -0.213. The summed E-state index contributed by atoms with van der Waals surface area (Å²) in [6.07, 6.45) is 2.38. The molecule has 1 aliphatic rings. The van der Waals surface area contributed by atoms with E-state index in [1.807, 2.05) is 6.92 Å². The fourth-order valence-electron chi connectivity index (χ4n) is 1.47. The molecule has 0 heterocycles. The molecule has 1 rings (SSSR count).